The summed E-state index contributed by atoms with van der Waals surface area (Å²) < 4.78 is 55.8. The Hall–Kier alpha value is -2.93. The molecular formula is C23H29F2N5O3S2. The minimum Gasteiger partial charge on any atom is -0.382 e. The summed E-state index contributed by atoms with van der Waals surface area (Å²) in [6, 6.07) is 3.13. The van der Waals surface area contributed by atoms with E-state index in [4.69, 9.17) is 5.73 Å². The van der Waals surface area contributed by atoms with Gasteiger partial charge in [-0.1, -0.05) is 23.5 Å². The third-order valence-corrected chi connectivity index (χ3v) is 7.03. The molecule has 12 heteroatoms. The molecule has 0 spiro atoms. The second-order valence-electron chi connectivity index (χ2n) is 7.76. The molecule has 0 aliphatic rings. The van der Waals surface area contributed by atoms with Crippen molar-refractivity contribution in [3.63, 3.8) is 0 Å². The zero-order valence-electron chi connectivity index (χ0n) is 19.9. The number of nitrogens with zero attached hydrogens (tertiary/aromatic N) is 2. The lowest BCUT2D eigenvalue weighted by Gasteiger charge is -2.10. The summed E-state index contributed by atoms with van der Waals surface area (Å²) >= 11 is 0.834. The van der Waals surface area contributed by atoms with Crippen molar-refractivity contribution < 1.29 is 22.0 Å². The summed E-state index contributed by atoms with van der Waals surface area (Å²) in [6.07, 6.45) is 6.70. The van der Waals surface area contributed by atoms with Crippen molar-refractivity contribution in [1.82, 2.24) is 14.6 Å². The minimum absolute atomic E-state index is 0.0653. The monoisotopic (exact) mass is 525 g/mol. The predicted octanol–water partition coefficient (Wildman–Crippen LogP) is 3.88. The molecule has 0 amide bonds. The maximum absolute atomic E-state index is 14.0. The zero-order valence-corrected chi connectivity index (χ0v) is 21.6. The van der Waals surface area contributed by atoms with E-state index >= 15 is 0 Å². The van der Waals surface area contributed by atoms with Gasteiger partial charge in [-0.25, -0.2) is 26.9 Å². The Morgan fingerprint density at radius 2 is 1.89 bits per heavy atom. The number of hydrogen-bond donors (Lipinski definition) is 3. The van der Waals surface area contributed by atoms with Crippen LogP contribution in [0.25, 0.3) is 0 Å². The van der Waals surface area contributed by atoms with E-state index < -0.39 is 33.0 Å². The average molecular weight is 526 g/mol. The quantitative estimate of drug-likeness (QED) is 0.219. The van der Waals surface area contributed by atoms with Crippen LogP contribution in [0, 0.1) is 11.6 Å². The molecular weight excluding hydrogens is 496 g/mol. The second kappa shape index (κ2) is 12.7. The van der Waals surface area contributed by atoms with Crippen molar-refractivity contribution in [2.24, 2.45) is 0 Å². The standard InChI is InChI=1S/C23H29F2N5O3S2/c1-5-8-16(35(32,33)27-13-7-14-30(3)4)12-11-15(2)28-23-29-22(26)21(34-23)20(31)19-17(24)9-6-10-18(19)25/h5-6,8-12,27H,7,13-14,26H2,1-4H3,(H,28,29)/b8-5-,15-11+,16-12+. The molecule has 35 heavy (non-hydrogen) atoms. The number of anilines is 2. The van der Waals surface area contributed by atoms with E-state index in [9.17, 15) is 22.0 Å². The number of allylic oxidation sites excluding steroid dienone is 5. The fourth-order valence-corrected chi connectivity index (χ4v) is 4.91. The van der Waals surface area contributed by atoms with Crippen LogP contribution in [0.15, 0.2) is 53.1 Å². The third-order valence-electron chi connectivity index (χ3n) is 4.57. The lowest BCUT2D eigenvalue weighted by molar-refractivity contribution is 0.103. The van der Waals surface area contributed by atoms with Gasteiger partial charge in [0.2, 0.25) is 15.8 Å². The summed E-state index contributed by atoms with van der Waals surface area (Å²) in [5.74, 6) is -3.07. The van der Waals surface area contributed by atoms with Crippen LogP contribution >= 0.6 is 11.3 Å². The normalized spacial score (nSPS) is 13.1. The summed E-state index contributed by atoms with van der Waals surface area (Å²) in [7, 11) is 0.101. The van der Waals surface area contributed by atoms with Crippen molar-refractivity contribution in [3.05, 3.63) is 75.2 Å². The van der Waals surface area contributed by atoms with E-state index in [2.05, 4.69) is 15.0 Å². The van der Waals surface area contributed by atoms with Gasteiger partial charge < -0.3 is 16.0 Å². The SMILES string of the molecule is C\C=C/C(=C\C=C(/C)Nc1nc(N)c(C(=O)c2c(F)cccc2F)s1)S(=O)(=O)NCCCN(C)C. The van der Waals surface area contributed by atoms with Gasteiger partial charge in [-0.05, 0) is 71.3 Å². The summed E-state index contributed by atoms with van der Waals surface area (Å²) in [6.45, 7) is 4.42. The molecule has 2 aromatic rings. The number of rotatable bonds is 12. The number of sulfonamides is 1. The van der Waals surface area contributed by atoms with Gasteiger partial charge in [0.05, 0.1) is 10.5 Å². The smallest absolute Gasteiger partial charge is 0.240 e. The van der Waals surface area contributed by atoms with Crippen molar-refractivity contribution >= 4 is 38.1 Å². The van der Waals surface area contributed by atoms with Gasteiger partial charge in [0, 0.05) is 12.2 Å². The van der Waals surface area contributed by atoms with Crippen LogP contribution in [0.2, 0.25) is 0 Å². The highest BCUT2D eigenvalue weighted by molar-refractivity contribution is 7.93. The minimum atomic E-state index is -3.72. The van der Waals surface area contributed by atoms with E-state index in [1.807, 2.05) is 19.0 Å². The van der Waals surface area contributed by atoms with Crippen molar-refractivity contribution in [2.75, 3.05) is 38.2 Å². The molecule has 0 fully saturated rings. The molecule has 4 N–H and O–H groups in total. The molecule has 1 aromatic heterocycles. The summed E-state index contributed by atoms with van der Waals surface area (Å²) in [4.78, 5) is 18.6. The Morgan fingerprint density at radius 3 is 2.49 bits per heavy atom. The van der Waals surface area contributed by atoms with Crippen LogP contribution in [0.3, 0.4) is 0 Å². The fourth-order valence-electron chi connectivity index (χ4n) is 2.88. The Balaban J connectivity index is 2.19. The van der Waals surface area contributed by atoms with E-state index in [0.29, 0.717) is 18.7 Å². The first-order chi connectivity index (χ1) is 16.5. The van der Waals surface area contributed by atoms with Gasteiger partial charge in [0.25, 0.3) is 0 Å². The molecule has 0 radical (unpaired) electrons. The van der Waals surface area contributed by atoms with Crippen LogP contribution in [0.1, 0.15) is 35.5 Å². The Kier molecular flexibility index (Phi) is 10.3. The Morgan fingerprint density at radius 1 is 1.23 bits per heavy atom. The molecule has 0 unspecified atom stereocenters. The molecule has 190 valence electrons. The summed E-state index contributed by atoms with van der Waals surface area (Å²) in [5.41, 5.74) is 5.61. The number of ketones is 1. The van der Waals surface area contributed by atoms with Crippen LogP contribution in [0.4, 0.5) is 19.7 Å². The van der Waals surface area contributed by atoms with Crippen LogP contribution in [-0.4, -0.2) is 51.3 Å². The largest absolute Gasteiger partial charge is 0.382 e. The van der Waals surface area contributed by atoms with E-state index in [1.165, 1.54) is 18.2 Å². The van der Waals surface area contributed by atoms with E-state index in [1.54, 1.807) is 19.9 Å². The van der Waals surface area contributed by atoms with E-state index in [-0.39, 0.29) is 20.7 Å². The molecule has 1 heterocycles. The van der Waals surface area contributed by atoms with Gasteiger partial charge in [0.1, 0.15) is 22.3 Å². The predicted molar refractivity (Wildman–Crippen MR) is 137 cm³/mol. The molecule has 0 bridgehead atoms. The molecule has 0 aliphatic heterocycles. The van der Waals surface area contributed by atoms with Gasteiger partial charge >= 0.3 is 0 Å². The van der Waals surface area contributed by atoms with Crippen LogP contribution in [0.5, 0.6) is 0 Å². The maximum atomic E-state index is 14.0. The lowest BCUT2D eigenvalue weighted by Crippen LogP contribution is -2.27. The number of nitrogens with two attached hydrogens (primary N) is 1. The van der Waals surface area contributed by atoms with Crippen LogP contribution < -0.4 is 15.8 Å². The van der Waals surface area contributed by atoms with Crippen LogP contribution in [-0.2, 0) is 10.0 Å². The maximum Gasteiger partial charge on any atom is 0.240 e. The molecule has 0 saturated carbocycles. The highest BCUT2D eigenvalue weighted by Gasteiger charge is 2.24. The zero-order chi connectivity index (χ0) is 26.2. The topological polar surface area (TPSA) is 117 Å². The van der Waals surface area contributed by atoms with Crippen molar-refractivity contribution in [3.8, 4) is 0 Å². The number of carbonyl (C=O) groups is 1. The average Bonchev–Trinajstić information content (AvgIpc) is 3.13. The molecule has 0 atom stereocenters. The highest BCUT2D eigenvalue weighted by atomic mass is 32.2. The number of benzene rings is 1. The first-order valence-electron chi connectivity index (χ1n) is 10.6. The number of hydrogen-bond acceptors (Lipinski definition) is 8. The van der Waals surface area contributed by atoms with Gasteiger partial charge in [0.15, 0.2) is 5.13 Å². The number of aromatic nitrogens is 1. The van der Waals surface area contributed by atoms with Gasteiger partial charge in [-0.2, -0.15) is 0 Å². The van der Waals surface area contributed by atoms with Crippen molar-refractivity contribution in [2.45, 2.75) is 20.3 Å². The highest BCUT2D eigenvalue weighted by Crippen LogP contribution is 2.29. The first kappa shape index (κ1) is 28.3. The number of thiazole rings is 1. The first-order valence-corrected chi connectivity index (χ1v) is 12.9. The van der Waals surface area contributed by atoms with Gasteiger partial charge in [-0.15, -0.1) is 0 Å². The molecule has 2 rings (SSSR count). The van der Waals surface area contributed by atoms with Gasteiger partial charge in [-0.3, -0.25) is 4.79 Å². The lowest BCUT2D eigenvalue weighted by atomic mass is 10.1. The number of nitrogens with one attached hydrogen (secondary N) is 2. The van der Waals surface area contributed by atoms with E-state index in [0.717, 1.165) is 36.1 Å². The number of halogens is 2. The number of nitrogen functional groups attached to an aromatic ring is 1. The second-order valence-corrected chi connectivity index (χ2v) is 10.5. The molecule has 0 saturated heterocycles. The molecule has 8 nitrogen and oxygen atoms in total. The Labute approximate surface area is 208 Å². The third kappa shape index (κ3) is 8.06. The number of carbonyl (C=O) groups excluding carboxylic acids is 1. The Bertz CT molecular complexity index is 1230. The van der Waals surface area contributed by atoms with Crippen molar-refractivity contribution in [1.29, 1.82) is 0 Å². The summed E-state index contributed by atoms with van der Waals surface area (Å²) in [5, 5.41) is 3.12. The molecule has 1 aromatic carbocycles. The fraction of sp³-hybridized carbons (Fsp3) is 0.304. The molecule has 0 aliphatic carbocycles.